The van der Waals surface area contributed by atoms with E-state index in [1.807, 2.05) is 6.92 Å². The summed E-state index contributed by atoms with van der Waals surface area (Å²) in [5, 5.41) is 6.99. The zero-order chi connectivity index (χ0) is 18.7. The van der Waals surface area contributed by atoms with Crippen LogP contribution in [-0.2, 0) is 21.3 Å². The summed E-state index contributed by atoms with van der Waals surface area (Å²) in [5.74, 6) is -0.405. The molecule has 1 amide bonds. The Morgan fingerprint density at radius 2 is 1.92 bits per heavy atom. The standard InChI is InChI=1S/C16H19ClN4O4S/c1-2-21-15(14(17)11-18-21)16(22)19-12-3-5-13(6-4-12)26(23,24)20-7-9-25-10-8-20/h3-6,11H,2,7-10H2,1H3,(H,19,22). The third kappa shape index (κ3) is 3.75. The van der Waals surface area contributed by atoms with Crippen molar-refractivity contribution in [1.82, 2.24) is 14.1 Å². The first kappa shape index (κ1) is 18.8. The molecule has 0 bridgehead atoms. The number of ether oxygens (including phenoxy) is 1. The fourth-order valence-corrected chi connectivity index (χ4v) is 4.30. The van der Waals surface area contributed by atoms with Crippen LogP contribution in [0.5, 0.6) is 0 Å². The number of carbonyl (C=O) groups excluding carboxylic acids is 1. The van der Waals surface area contributed by atoms with E-state index in [1.165, 1.54) is 27.3 Å². The highest BCUT2D eigenvalue weighted by Crippen LogP contribution is 2.21. The van der Waals surface area contributed by atoms with Gasteiger partial charge in [-0.3, -0.25) is 9.48 Å². The Morgan fingerprint density at radius 1 is 1.27 bits per heavy atom. The largest absolute Gasteiger partial charge is 0.379 e. The number of benzene rings is 1. The summed E-state index contributed by atoms with van der Waals surface area (Å²) in [6.07, 6.45) is 1.41. The van der Waals surface area contributed by atoms with Crippen LogP contribution in [0.4, 0.5) is 5.69 Å². The van der Waals surface area contributed by atoms with E-state index in [0.717, 1.165) is 0 Å². The third-order valence-electron chi connectivity index (χ3n) is 4.03. The summed E-state index contributed by atoms with van der Waals surface area (Å²) < 4.78 is 33.3. The maximum absolute atomic E-state index is 12.6. The molecule has 0 spiro atoms. The maximum atomic E-state index is 12.6. The van der Waals surface area contributed by atoms with Crippen molar-refractivity contribution in [2.45, 2.75) is 18.4 Å². The molecule has 2 heterocycles. The van der Waals surface area contributed by atoms with Gasteiger partial charge in [-0.2, -0.15) is 9.40 Å². The lowest BCUT2D eigenvalue weighted by Crippen LogP contribution is -2.40. The zero-order valence-corrected chi connectivity index (χ0v) is 15.8. The van der Waals surface area contributed by atoms with E-state index in [-0.39, 0.29) is 15.6 Å². The molecule has 1 N–H and O–H groups in total. The van der Waals surface area contributed by atoms with E-state index in [4.69, 9.17) is 16.3 Å². The van der Waals surface area contributed by atoms with Crippen LogP contribution >= 0.6 is 11.6 Å². The smallest absolute Gasteiger partial charge is 0.275 e. The van der Waals surface area contributed by atoms with Gasteiger partial charge in [0.25, 0.3) is 5.91 Å². The molecule has 8 nitrogen and oxygen atoms in total. The minimum atomic E-state index is -3.56. The summed E-state index contributed by atoms with van der Waals surface area (Å²) in [5.41, 5.74) is 0.732. The molecular formula is C16H19ClN4O4S. The van der Waals surface area contributed by atoms with Crippen LogP contribution in [0.2, 0.25) is 5.02 Å². The molecule has 0 atom stereocenters. The van der Waals surface area contributed by atoms with Crippen molar-refractivity contribution >= 4 is 33.2 Å². The number of hydrogen-bond donors (Lipinski definition) is 1. The molecule has 1 fully saturated rings. The van der Waals surface area contributed by atoms with Gasteiger partial charge in [0.2, 0.25) is 10.0 Å². The minimum absolute atomic E-state index is 0.175. The van der Waals surface area contributed by atoms with Crippen molar-refractivity contribution in [3.63, 3.8) is 0 Å². The predicted octanol–water partition coefficient (Wildman–Crippen LogP) is 1.83. The van der Waals surface area contributed by atoms with E-state index in [0.29, 0.717) is 38.5 Å². The Morgan fingerprint density at radius 3 is 2.54 bits per heavy atom. The number of rotatable bonds is 5. The molecule has 1 saturated heterocycles. The zero-order valence-electron chi connectivity index (χ0n) is 14.2. The second kappa shape index (κ2) is 7.75. The number of hydrogen-bond acceptors (Lipinski definition) is 5. The molecule has 0 radical (unpaired) electrons. The number of aromatic nitrogens is 2. The van der Waals surface area contributed by atoms with Crippen LogP contribution in [0.25, 0.3) is 0 Å². The minimum Gasteiger partial charge on any atom is -0.379 e. The van der Waals surface area contributed by atoms with Crippen LogP contribution < -0.4 is 5.32 Å². The number of halogens is 1. The fourth-order valence-electron chi connectivity index (χ4n) is 2.66. The normalized spacial score (nSPS) is 15.8. The lowest BCUT2D eigenvalue weighted by atomic mass is 10.3. The highest BCUT2D eigenvalue weighted by atomic mass is 35.5. The van der Waals surface area contributed by atoms with Crippen molar-refractivity contribution in [3.8, 4) is 0 Å². The molecule has 1 aliphatic heterocycles. The Bertz CT molecular complexity index is 889. The number of aryl methyl sites for hydroxylation is 1. The molecule has 1 aromatic carbocycles. The Labute approximate surface area is 156 Å². The van der Waals surface area contributed by atoms with Gasteiger partial charge in [0, 0.05) is 25.3 Å². The van der Waals surface area contributed by atoms with Gasteiger partial charge in [0.05, 0.1) is 29.3 Å². The molecule has 0 saturated carbocycles. The average Bonchev–Trinajstić information content (AvgIpc) is 3.03. The van der Waals surface area contributed by atoms with Gasteiger partial charge in [-0.25, -0.2) is 8.42 Å². The van der Waals surface area contributed by atoms with Gasteiger partial charge in [-0.15, -0.1) is 0 Å². The van der Waals surface area contributed by atoms with Crippen molar-refractivity contribution in [3.05, 3.63) is 41.2 Å². The number of carbonyl (C=O) groups is 1. The van der Waals surface area contributed by atoms with Crippen molar-refractivity contribution in [1.29, 1.82) is 0 Å². The number of anilines is 1. The molecule has 26 heavy (non-hydrogen) atoms. The van der Waals surface area contributed by atoms with Gasteiger partial charge in [0.1, 0.15) is 5.69 Å². The SMILES string of the molecule is CCn1ncc(Cl)c1C(=O)Nc1ccc(S(=O)(=O)N2CCOCC2)cc1. The van der Waals surface area contributed by atoms with E-state index in [2.05, 4.69) is 10.4 Å². The van der Waals surface area contributed by atoms with Gasteiger partial charge in [-0.05, 0) is 31.2 Å². The van der Waals surface area contributed by atoms with Crippen LogP contribution in [0.15, 0.2) is 35.4 Å². The summed E-state index contributed by atoms with van der Waals surface area (Å²) in [4.78, 5) is 12.6. The number of nitrogens with one attached hydrogen (secondary N) is 1. The Kier molecular flexibility index (Phi) is 5.61. The highest BCUT2D eigenvalue weighted by molar-refractivity contribution is 7.89. The summed E-state index contributed by atoms with van der Waals surface area (Å²) >= 11 is 6.02. The summed E-state index contributed by atoms with van der Waals surface area (Å²) in [7, 11) is -3.56. The van der Waals surface area contributed by atoms with Crippen LogP contribution in [0, 0.1) is 0 Å². The lowest BCUT2D eigenvalue weighted by molar-refractivity contribution is 0.0730. The molecule has 140 valence electrons. The maximum Gasteiger partial charge on any atom is 0.275 e. The molecule has 0 aliphatic carbocycles. The molecule has 0 unspecified atom stereocenters. The van der Waals surface area contributed by atoms with Gasteiger partial charge < -0.3 is 10.1 Å². The van der Waals surface area contributed by atoms with Crippen molar-refractivity contribution < 1.29 is 17.9 Å². The van der Waals surface area contributed by atoms with Crippen LogP contribution in [-0.4, -0.2) is 54.7 Å². The van der Waals surface area contributed by atoms with E-state index in [9.17, 15) is 13.2 Å². The Hall–Kier alpha value is -1.94. The van der Waals surface area contributed by atoms with Crippen LogP contribution in [0.1, 0.15) is 17.4 Å². The molecule has 3 rings (SSSR count). The second-order valence-electron chi connectivity index (χ2n) is 5.65. The van der Waals surface area contributed by atoms with E-state index >= 15 is 0 Å². The number of nitrogens with zero attached hydrogens (tertiary/aromatic N) is 3. The van der Waals surface area contributed by atoms with E-state index in [1.54, 1.807) is 12.1 Å². The average molecular weight is 399 g/mol. The first-order valence-electron chi connectivity index (χ1n) is 8.14. The number of morpholine rings is 1. The molecule has 2 aromatic rings. The molecule has 1 aliphatic rings. The summed E-state index contributed by atoms with van der Waals surface area (Å²) in [6, 6.07) is 6.04. The topological polar surface area (TPSA) is 93.5 Å². The van der Waals surface area contributed by atoms with Gasteiger partial charge in [0.15, 0.2) is 0 Å². The first-order chi connectivity index (χ1) is 12.4. The molecule has 10 heteroatoms. The molecular weight excluding hydrogens is 380 g/mol. The highest BCUT2D eigenvalue weighted by Gasteiger charge is 2.26. The number of amides is 1. The summed E-state index contributed by atoms with van der Waals surface area (Å²) in [6.45, 7) is 3.80. The second-order valence-corrected chi connectivity index (χ2v) is 8.00. The van der Waals surface area contributed by atoms with Gasteiger partial charge in [-0.1, -0.05) is 11.6 Å². The third-order valence-corrected chi connectivity index (χ3v) is 6.22. The predicted molar refractivity (Wildman–Crippen MR) is 96.9 cm³/mol. The van der Waals surface area contributed by atoms with E-state index < -0.39 is 15.9 Å². The number of sulfonamides is 1. The lowest BCUT2D eigenvalue weighted by Gasteiger charge is -2.26. The quantitative estimate of drug-likeness (QED) is 0.829. The van der Waals surface area contributed by atoms with Crippen LogP contribution in [0.3, 0.4) is 0 Å². The Balaban J connectivity index is 1.75. The first-order valence-corrected chi connectivity index (χ1v) is 9.96. The van der Waals surface area contributed by atoms with Crippen molar-refractivity contribution in [2.75, 3.05) is 31.6 Å². The molecule has 1 aromatic heterocycles. The monoisotopic (exact) mass is 398 g/mol. The van der Waals surface area contributed by atoms with Crippen molar-refractivity contribution in [2.24, 2.45) is 0 Å². The fraction of sp³-hybridized carbons (Fsp3) is 0.375. The van der Waals surface area contributed by atoms with Gasteiger partial charge >= 0.3 is 0 Å².